The van der Waals surface area contributed by atoms with E-state index in [0.717, 1.165) is 0 Å². The van der Waals surface area contributed by atoms with E-state index in [1.807, 2.05) is 0 Å². The number of hydrogen-bond acceptors (Lipinski definition) is 5. The molecule has 0 saturated carbocycles. The van der Waals surface area contributed by atoms with Crippen LogP contribution in [0.15, 0.2) is 20.7 Å². The highest BCUT2D eigenvalue weighted by molar-refractivity contribution is 5.73. The maximum Gasteiger partial charge on any atom is 0.355 e. The zero-order valence-corrected chi connectivity index (χ0v) is 3.72. The summed E-state index contributed by atoms with van der Waals surface area (Å²) in [7, 11) is 0. The molecule has 1 heterocycles. The van der Waals surface area contributed by atoms with Crippen molar-refractivity contribution in [2.75, 3.05) is 0 Å². The predicted octanol–water partition coefficient (Wildman–Crippen LogP) is 0.230. The van der Waals surface area contributed by atoms with Crippen molar-refractivity contribution in [3.8, 4) is 0 Å². The van der Waals surface area contributed by atoms with E-state index in [1.165, 1.54) is 0 Å². The molecular formula is C2H2N4O2. The van der Waals surface area contributed by atoms with Gasteiger partial charge in [-0.05, 0) is 10.4 Å². The molecule has 1 rings (SSSR count). The van der Waals surface area contributed by atoms with E-state index >= 15 is 0 Å². The normalized spacial score (nSPS) is 17.5. The molecule has 6 nitrogen and oxygen atoms in total. The van der Waals surface area contributed by atoms with E-state index in [4.69, 9.17) is 5.11 Å². The smallest absolute Gasteiger partial charge is 0.355 e. The molecule has 0 spiro atoms. The second-order valence-electron chi connectivity index (χ2n) is 1.12. The Morgan fingerprint density at radius 2 is 1.88 bits per heavy atom. The van der Waals surface area contributed by atoms with Crippen molar-refractivity contribution in [1.82, 2.24) is 0 Å². The maximum absolute atomic E-state index is 9.89. The molecule has 0 bridgehead atoms. The van der Waals surface area contributed by atoms with Crippen molar-refractivity contribution >= 4 is 5.97 Å². The minimum absolute atomic E-state index is 1.10. The van der Waals surface area contributed by atoms with Gasteiger partial charge in [0, 0.05) is 0 Å². The Morgan fingerprint density at radius 3 is 2.12 bits per heavy atom. The molecule has 1 aliphatic rings. The molecule has 8 heavy (non-hydrogen) atoms. The van der Waals surface area contributed by atoms with Crippen molar-refractivity contribution < 1.29 is 9.90 Å². The summed E-state index contributed by atoms with van der Waals surface area (Å²) in [5.41, 5.74) is 0. The summed E-state index contributed by atoms with van der Waals surface area (Å²) >= 11 is 0. The molecule has 0 saturated heterocycles. The minimum atomic E-state index is -1.13. The Hall–Kier alpha value is -1.33. The van der Waals surface area contributed by atoms with Gasteiger partial charge in [0.1, 0.15) is 0 Å². The van der Waals surface area contributed by atoms with Crippen LogP contribution in [0.2, 0.25) is 0 Å². The molecule has 1 aliphatic heterocycles. The summed E-state index contributed by atoms with van der Waals surface area (Å²) in [4.78, 5) is 9.89. The summed E-state index contributed by atoms with van der Waals surface area (Å²) in [5, 5.41) is 20.3. The van der Waals surface area contributed by atoms with E-state index in [0.29, 0.717) is 0 Å². The fourth-order valence-corrected chi connectivity index (χ4v) is 0.266. The van der Waals surface area contributed by atoms with Gasteiger partial charge in [-0.3, -0.25) is 0 Å². The average Bonchev–Trinajstić information content (AvgIpc) is 2.12. The Bertz CT molecular complexity index is 149. The third kappa shape index (κ3) is 0.673. The topological polar surface area (TPSA) is 86.7 Å². The second-order valence-corrected chi connectivity index (χ2v) is 1.12. The van der Waals surface area contributed by atoms with Gasteiger partial charge < -0.3 is 5.11 Å². The fraction of sp³-hybridized carbons (Fsp3) is 0.500. The second kappa shape index (κ2) is 1.65. The van der Waals surface area contributed by atoms with Gasteiger partial charge in [-0.15, -0.1) is 10.2 Å². The van der Waals surface area contributed by atoms with Crippen LogP contribution in [0.1, 0.15) is 0 Å². The summed E-state index contributed by atoms with van der Waals surface area (Å²) in [6.45, 7) is 0. The summed E-state index contributed by atoms with van der Waals surface area (Å²) in [5.74, 6) is -1.13. The van der Waals surface area contributed by atoms with Crippen molar-refractivity contribution in [2.24, 2.45) is 20.7 Å². The Balaban J connectivity index is 2.62. The highest BCUT2D eigenvalue weighted by atomic mass is 16.4. The first-order valence-electron chi connectivity index (χ1n) is 1.83. The van der Waals surface area contributed by atoms with E-state index in [1.54, 1.807) is 0 Å². The Morgan fingerprint density at radius 1 is 1.38 bits per heavy atom. The standard InChI is InChI=1S/C2H2N4O2/c7-2(8)1-3-5-6-4-1/h1H,(H,7,8). The lowest BCUT2D eigenvalue weighted by Gasteiger charge is -1.86. The van der Waals surface area contributed by atoms with Crippen LogP contribution >= 0.6 is 0 Å². The number of rotatable bonds is 1. The number of nitrogens with zero attached hydrogens (tertiary/aromatic N) is 4. The van der Waals surface area contributed by atoms with Gasteiger partial charge in [0.15, 0.2) is 0 Å². The molecule has 6 heteroatoms. The summed E-state index contributed by atoms with van der Waals surface area (Å²) in [6, 6.07) is 0. The van der Waals surface area contributed by atoms with Gasteiger partial charge in [0.2, 0.25) is 0 Å². The van der Waals surface area contributed by atoms with E-state index in [2.05, 4.69) is 20.7 Å². The number of hydrogen-bond donors (Lipinski definition) is 1. The molecule has 0 aromatic rings. The zero-order chi connectivity index (χ0) is 5.98. The van der Waals surface area contributed by atoms with Gasteiger partial charge in [0.25, 0.3) is 6.17 Å². The molecule has 0 unspecified atom stereocenters. The van der Waals surface area contributed by atoms with Gasteiger partial charge in [-0.25, -0.2) is 4.79 Å². The lowest BCUT2D eigenvalue weighted by atomic mass is 10.6. The van der Waals surface area contributed by atoms with Crippen LogP contribution in [0, 0.1) is 0 Å². The first kappa shape index (κ1) is 4.82. The third-order valence-corrected chi connectivity index (χ3v) is 0.583. The first-order valence-corrected chi connectivity index (χ1v) is 1.83. The van der Waals surface area contributed by atoms with Crippen LogP contribution in [-0.4, -0.2) is 17.2 Å². The molecule has 0 amide bonds. The molecule has 1 N–H and O–H groups in total. The van der Waals surface area contributed by atoms with Crippen LogP contribution in [0.5, 0.6) is 0 Å². The van der Waals surface area contributed by atoms with Crippen LogP contribution in [0.3, 0.4) is 0 Å². The number of carbonyl (C=O) groups is 1. The number of carboxylic acids is 1. The van der Waals surface area contributed by atoms with Crippen molar-refractivity contribution in [1.29, 1.82) is 0 Å². The van der Waals surface area contributed by atoms with Gasteiger partial charge in [-0.2, -0.15) is 0 Å². The third-order valence-electron chi connectivity index (χ3n) is 0.583. The van der Waals surface area contributed by atoms with E-state index in [-0.39, 0.29) is 0 Å². The summed E-state index contributed by atoms with van der Waals surface area (Å²) < 4.78 is 0. The van der Waals surface area contributed by atoms with Gasteiger partial charge in [0.05, 0.1) is 0 Å². The largest absolute Gasteiger partial charge is 0.478 e. The quantitative estimate of drug-likeness (QED) is 0.528. The van der Waals surface area contributed by atoms with Crippen LogP contribution < -0.4 is 0 Å². The highest BCUT2D eigenvalue weighted by Crippen LogP contribution is 2.02. The van der Waals surface area contributed by atoms with Crippen molar-refractivity contribution in [3.63, 3.8) is 0 Å². The van der Waals surface area contributed by atoms with Crippen LogP contribution in [0.25, 0.3) is 0 Å². The van der Waals surface area contributed by atoms with Crippen molar-refractivity contribution in [2.45, 2.75) is 6.17 Å². The summed E-state index contributed by atoms with van der Waals surface area (Å²) in [6.07, 6.45) is -1.10. The Labute approximate surface area is 43.9 Å². The lowest BCUT2D eigenvalue weighted by molar-refractivity contribution is -0.138. The lowest BCUT2D eigenvalue weighted by Crippen LogP contribution is -2.11. The molecular weight excluding hydrogens is 112 g/mol. The Kier molecular flexibility index (Phi) is 0.991. The molecule has 0 aromatic carbocycles. The predicted molar refractivity (Wildman–Crippen MR) is 21.1 cm³/mol. The van der Waals surface area contributed by atoms with E-state index < -0.39 is 12.1 Å². The van der Waals surface area contributed by atoms with Crippen LogP contribution in [0.4, 0.5) is 0 Å². The van der Waals surface area contributed by atoms with Gasteiger partial charge in [-0.1, -0.05) is 0 Å². The van der Waals surface area contributed by atoms with E-state index in [9.17, 15) is 4.79 Å². The highest BCUT2D eigenvalue weighted by Gasteiger charge is 2.17. The minimum Gasteiger partial charge on any atom is -0.478 e. The average molecular weight is 114 g/mol. The molecule has 0 radical (unpaired) electrons. The molecule has 0 fully saturated rings. The molecule has 42 valence electrons. The number of aliphatic carboxylic acids is 1. The monoisotopic (exact) mass is 114 g/mol. The van der Waals surface area contributed by atoms with Gasteiger partial charge >= 0.3 is 5.97 Å². The fourth-order valence-electron chi connectivity index (χ4n) is 0.266. The molecule has 0 aliphatic carbocycles. The zero-order valence-electron chi connectivity index (χ0n) is 3.72. The number of carboxylic acid groups (broad SMARTS) is 1. The van der Waals surface area contributed by atoms with Crippen molar-refractivity contribution in [3.05, 3.63) is 0 Å². The maximum atomic E-state index is 9.89. The molecule has 0 aromatic heterocycles. The SMILES string of the molecule is O=C(O)C1N=NN=N1. The van der Waals surface area contributed by atoms with Crippen LogP contribution in [-0.2, 0) is 4.79 Å². The first-order chi connectivity index (χ1) is 3.80. The molecule has 0 atom stereocenters.